The normalized spacial score (nSPS) is 12.3. The van der Waals surface area contributed by atoms with Crippen LogP contribution in [-0.2, 0) is 11.8 Å². The van der Waals surface area contributed by atoms with Gasteiger partial charge >= 0.3 is 0 Å². The average molecular weight is 368 g/mol. The Balaban J connectivity index is 1.88. The molecule has 8 heteroatoms. The molecule has 0 amide bonds. The van der Waals surface area contributed by atoms with Crippen LogP contribution in [0, 0.1) is 12.7 Å². The Morgan fingerprint density at radius 3 is 2.72 bits per heavy atom. The van der Waals surface area contributed by atoms with Crippen molar-refractivity contribution in [1.82, 2.24) is 20.8 Å². The fourth-order valence-electron chi connectivity index (χ4n) is 2.39. The summed E-state index contributed by atoms with van der Waals surface area (Å²) in [6.07, 6.45) is 0.606. The molecule has 0 unspecified atom stereocenters. The molecule has 0 fully saturated rings. The van der Waals surface area contributed by atoms with Gasteiger partial charge in [-0.1, -0.05) is 36.7 Å². The maximum atomic E-state index is 13.2. The van der Waals surface area contributed by atoms with Crippen molar-refractivity contribution >= 4 is 17.6 Å². The lowest BCUT2D eigenvalue weighted by molar-refractivity contribution is 0.374. The van der Waals surface area contributed by atoms with Crippen LogP contribution in [-0.4, -0.2) is 36.2 Å². The molecule has 25 heavy (non-hydrogen) atoms. The third kappa shape index (κ3) is 5.42. The van der Waals surface area contributed by atoms with Gasteiger partial charge in [-0.2, -0.15) is 4.98 Å². The molecule has 0 spiro atoms. The number of hydrogen-bond acceptors (Lipinski definition) is 4. The Bertz CT molecular complexity index is 744. The molecule has 0 saturated carbocycles. The average Bonchev–Trinajstić information content (AvgIpc) is 2.95. The number of benzene rings is 1. The largest absolute Gasteiger partial charge is 0.356 e. The van der Waals surface area contributed by atoms with Crippen LogP contribution in [0.25, 0.3) is 0 Å². The molecule has 0 aliphatic carbocycles. The molecule has 0 radical (unpaired) electrons. The van der Waals surface area contributed by atoms with Crippen LogP contribution in [0.4, 0.5) is 4.39 Å². The quantitative estimate of drug-likeness (QED) is 0.606. The molecule has 1 aromatic heterocycles. The molecule has 2 rings (SSSR count). The first kappa shape index (κ1) is 19.2. The van der Waals surface area contributed by atoms with Gasteiger partial charge in [-0.25, -0.2) is 4.39 Å². The van der Waals surface area contributed by atoms with Gasteiger partial charge in [-0.05, 0) is 24.6 Å². The van der Waals surface area contributed by atoms with Gasteiger partial charge in [-0.3, -0.25) is 4.99 Å². The Labute approximate surface area is 151 Å². The highest BCUT2D eigenvalue weighted by Gasteiger charge is 2.24. The van der Waals surface area contributed by atoms with Crippen molar-refractivity contribution in [3.8, 4) is 0 Å². The Hall–Kier alpha value is -2.15. The van der Waals surface area contributed by atoms with Crippen LogP contribution in [0.15, 0.2) is 27.7 Å². The lowest BCUT2D eigenvalue weighted by Gasteiger charge is -2.27. The van der Waals surface area contributed by atoms with E-state index < -0.39 is 0 Å². The number of guanidine groups is 1. The van der Waals surface area contributed by atoms with Crippen LogP contribution >= 0.6 is 11.6 Å². The Morgan fingerprint density at radius 1 is 1.36 bits per heavy atom. The lowest BCUT2D eigenvalue weighted by atomic mass is 9.84. The maximum Gasteiger partial charge on any atom is 0.228 e. The number of aliphatic imine (C=N–C) groups is 1. The van der Waals surface area contributed by atoms with Gasteiger partial charge in [0.05, 0.1) is 0 Å². The van der Waals surface area contributed by atoms with Crippen LogP contribution in [0.2, 0.25) is 5.02 Å². The topological polar surface area (TPSA) is 75.3 Å². The van der Waals surface area contributed by atoms with E-state index in [4.69, 9.17) is 16.1 Å². The predicted molar refractivity (Wildman–Crippen MR) is 96.5 cm³/mol. The van der Waals surface area contributed by atoms with Gasteiger partial charge in [0.25, 0.3) is 0 Å². The second-order valence-electron chi connectivity index (χ2n) is 6.35. The zero-order chi connectivity index (χ0) is 18.4. The molecule has 1 aromatic carbocycles. The summed E-state index contributed by atoms with van der Waals surface area (Å²) in [5.74, 6) is 1.52. The van der Waals surface area contributed by atoms with Gasteiger partial charge < -0.3 is 15.2 Å². The summed E-state index contributed by atoms with van der Waals surface area (Å²) in [5.41, 5.74) is 0.575. The first-order valence-electron chi connectivity index (χ1n) is 8.01. The van der Waals surface area contributed by atoms with Crippen molar-refractivity contribution in [2.45, 2.75) is 32.6 Å². The molecule has 1 heterocycles. The number of rotatable bonds is 6. The van der Waals surface area contributed by atoms with Crippen molar-refractivity contribution in [3.63, 3.8) is 0 Å². The molecule has 0 aliphatic heterocycles. The first-order chi connectivity index (χ1) is 11.8. The highest BCUT2D eigenvalue weighted by Crippen LogP contribution is 2.29. The molecular formula is C17H23ClFN5O. The van der Waals surface area contributed by atoms with Crippen LogP contribution < -0.4 is 10.6 Å². The highest BCUT2D eigenvalue weighted by molar-refractivity contribution is 6.31. The van der Waals surface area contributed by atoms with E-state index in [1.54, 1.807) is 20.0 Å². The minimum absolute atomic E-state index is 0.300. The van der Waals surface area contributed by atoms with Crippen molar-refractivity contribution in [2.24, 2.45) is 4.99 Å². The molecule has 2 aromatic rings. The Morgan fingerprint density at radius 2 is 2.12 bits per heavy atom. The summed E-state index contributed by atoms with van der Waals surface area (Å²) < 4.78 is 18.3. The third-order valence-corrected chi connectivity index (χ3v) is 4.10. The van der Waals surface area contributed by atoms with E-state index in [2.05, 4.69) is 25.8 Å². The highest BCUT2D eigenvalue weighted by atomic mass is 35.5. The summed E-state index contributed by atoms with van der Waals surface area (Å²) >= 11 is 6.18. The number of aryl methyl sites for hydroxylation is 1. The van der Waals surface area contributed by atoms with Gasteiger partial charge in [0, 0.05) is 37.0 Å². The number of aromatic nitrogens is 2. The van der Waals surface area contributed by atoms with E-state index in [-0.39, 0.29) is 11.2 Å². The third-order valence-electron chi connectivity index (χ3n) is 3.78. The summed E-state index contributed by atoms with van der Waals surface area (Å²) in [7, 11) is 1.70. The van der Waals surface area contributed by atoms with Crippen molar-refractivity contribution < 1.29 is 8.91 Å². The second-order valence-corrected chi connectivity index (χ2v) is 6.75. The van der Waals surface area contributed by atoms with Crippen LogP contribution in [0.3, 0.4) is 0 Å². The van der Waals surface area contributed by atoms with Gasteiger partial charge in [0.15, 0.2) is 11.8 Å². The molecule has 0 atom stereocenters. The molecule has 2 N–H and O–H groups in total. The van der Waals surface area contributed by atoms with Crippen LogP contribution in [0.5, 0.6) is 0 Å². The van der Waals surface area contributed by atoms with E-state index in [0.29, 0.717) is 42.2 Å². The van der Waals surface area contributed by atoms with Crippen molar-refractivity contribution in [3.05, 3.63) is 46.3 Å². The number of halogens is 2. The van der Waals surface area contributed by atoms with Gasteiger partial charge in [0.2, 0.25) is 5.89 Å². The molecule has 0 bridgehead atoms. The van der Waals surface area contributed by atoms with E-state index in [1.807, 2.05) is 13.8 Å². The zero-order valence-electron chi connectivity index (χ0n) is 14.9. The fraction of sp³-hybridized carbons (Fsp3) is 0.471. The van der Waals surface area contributed by atoms with Gasteiger partial charge in [0.1, 0.15) is 5.82 Å². The summed E-state index contributed by atoms with van der Waals surface area (Å²) in [5, 5.41) is 10.6. The summed E-state index contributed by atoms with van der Waals surface area (Å²) in [6, 6.07) is 4.47. The number of hydrogen-bond donors (Lipinski definition) is 2. The predicted octanol–water partition coefficient (Wildman–Crippen LogP) is 2.86. The maximum absolute atomic E-state index is 13.2. The molecule has 6 nitrogen and oxygen atoms in total. The summed E-state index contributed by atoms with van der Waals surface area (Å²) in [4.78, 5) is 8.34. The van der Waals surface area contributed by atoms with Crippen LogP contribution in [0.1, 0.15) is 31.1 Å². The standard InChI is InChI=1S/C17H23ClFN5O/c1-11-23-15(25-24-11)7-8-21-16(20-4)22-10-17(2,3)13-6-5-12(19)9-14(13)18/h5-6,9H,7-8,10H2,1-4H3,(H2,20,21,22). The van der Waals surface area contributed by atoms with E-state index in [1.165, 1.54) is 12.1 Å². The fourth-order valence-corrected chi connectivity index (χ4v) is 2.81. The smallest absolute Gasteiger partial charge is 0.228 e. The second kappa shape index (κ2) is 8.29. The minimum Gasteiger partial charge on any atom is -0.356 e. The lowest BCUT2D eigenvalue weighted by Crippen LogP contribution is -2.44. The molecule has 0 saturated heterocycles. The minimum atomic E-state index is -0.341. The Kier molecular flexibility index (Phi) is 6.36. The zero-order valence-corrected chi connectivity index (χ0v) is 15.6. The van der Waals surface area contributed by atoms with Crippen molar-refractivity contribution in [2.75, 3.05) is 20.1 Å². The van der Waals surface area contributed by atoms with E-state index in [9.17, 15) is 4.39 Å². The summed E-state index contributed by atoms with van der Waals surface area (Å²) in [6.45, 7) is 7.04. The van der Waals surface area contributed by atoms with E-state index >= 15 is 0 Å². The molecular weight excluding hydrogens is 345 g/mol. The molecule has 0 aliphatic rings. The SMILES string of the molecule is CN=C(NCCc1nc(C)no1)NCC(C)(C)c1ccc(F)cc1Cl. The first-order valence-corrected chi connectivity index (χ1v) is 8.39. The van der Waals surface area contributed by atoms with E-state index in [0.717, 1.165) is 5.56 Å². The number of nitrogens with one attached hydrogen (secondary N) is 2. The van der Waals surface area contributed by atoms with Gasteiger partial charge in [-0.15, -0.1) is 0 Å². The van der Waals surface area contributed by atoms with Crippen molar-refractivity contribution in [1.29, 1.82) is 0 Å². The molecule has 136 valence electrons. The number of nitrogens with zero attached hydrogens (tertiary/aromatic N) is 3. The monoisotopic (exact) mass is 367 g/mol.